The van der Waals surface area contributed by atoms with Gasteiger partial charge in [-0.05, 0) is 23.8 Å². The van der Waals surface area contributed by atoms with E-state index in [4.69, 9.17) is 4.74 Å². The van der Waals surface area contributed by atoms with Crippen LogP contribution in [-0.4, -0.2) is 17.5 Å². The largest absolute Gasteiger partial charge is 0.484 e. The maximum Gasteiger partial charge on any atom is 0.416 e. The van der Waals surface area contributed by atoms with E-state index in [0.29, 0.717) is 22.9 Å². The summed E-state index contributed by atoms with van der Waals surface area (Å²) in [6, 6.07) is 14.1. The van der Waals surface area contributed by atoms with Crippen LogP contribution < -0.4 is 10.1 Å². The third kappa shape index (κ3) is 5.55. The van der Waals surface area contributed by atoms with Crippen LogP contribution in [0.15, 0.2) is 60.8 Å². The maximum atomic E-state index is 12.8. The molecule has 1 amide bonds. The summed E-state index contributed by atoms with van der Waals surface area (Å²) in [6.45, 7) is -0.160. The van der Waals surface area contributed by atoms with E-state index >= 15 is 0 Å². The molecular formula is C19H15F3N2O2S. The molecule has 3 aromatic rings. The molecule has 0 atom stereocenters. The molecule has 0 saturated heterocycles. The average molecular weight is 392 g/mol. The molecule has 0 bridgehead atoms. The van der Waals surface area contributed by atoms with Crippen molar-refractivity contribution in [1.29, 1.82) is 0 Å². The molecule has 0 saturated carbocycles. The van der Waals surface area contributed by atoms with Gasteiger partial charge in [0.1, 0.15) is 5.75 Å². The number of anilines is 1. The van der Waals surface area contributed by atoms with E-state index in [1.807, 2.05) is 6.07 Å². The smallest absolute Gasteiger partial charge is 0.416 e. The van der Waals surface area contributed by atoms with Gasteiger partial charge in [-0.2, -0.15) is 13.2 Å². The van der Waals surface area contributed by atoms with Crippen molar-refractivity contribution in [2.45, 2.75) is 12.6 Å². The van der Waals surface area contributed by atoms with Crippen molar-refractivity contribution in [3.63, 3.8) is 0 Å². The minimum atomic E-state index is -4.37. The number of nitrogens with one attached hydrogen (secondary N) is 1. The molecule has 8 heteroatoms. The Morgan fingerprint density at radius 2 is 1.89 bits per heavy atom. The first-order valence-electron chi connectivity index (χ1n) is 7.99. The molecule has 0 aliphatic heterocycles. The first-order chi connectivity index (χ1) is 12.9. The molecule has 3 rings (SSSR count). The second-order valence-corrected chi connectivity index (χ2v) is 6.77. The fraction of sp³-hybridized carbons (Fsp3) is 0.158. The number of ether oxygens (including phenoxy) is 1. The molecule has 1 N–H and O–H groups in total. The first kappa shape index (κ1) is 18.9. The predicted molar refractivity (Wildman–Crippen MR) is 96.9 cm³/mol. The number of hydrogen-bond donors (Lipinski definition) is 1. The maximum absolute atomic E-state index is 12.8. The van der Waals surface area contributed by atoms with Crippen LogP contribution in [0.4, 0.5) is 18.3 Å². The quantitative estimate of drug-likeness (QED) is 0.657. The van der Waals surface area contributed by atoms with Crippen LogP contribution in [0.2, 0.25) is 0 Å². The second kappa shape index (κ2) is 8.22. The summed E-state index contributed by atoms with van der Waals surface area (Å²) >= 11 is 1.21. The Labute approximate surface area is 157 Å². The van der Waals surface area contributed by atoms with Gasteiger partial charge in [-0.1, -0.05) is 36.4 Å². The van der Waals surface area contributed by atoms with Crippen molar-refractivity contribution in [2.75, 3.05) is 11.9 Å². The van der Waals surface area contributed by atoms with Gasteiger partial charge >= 0.3 is 6.18 Å². The summed E-state index contributed by atoms with van der Waals surface area (Å²) in [7, 11) is 0. The zero-order valence-electron chi connectivity index (χ0n) is 14.0. The molecular weight excluding hydrogens is 377 g/mol. The Morgan fingerprint density at radius 3 is 2.63 bits per heavy atom. The second-order valence-electron chi connectivity index (χ2n) is 5.66. The highest BCUT2D eigenvalue weighted by molar-refractivity contribution is 7.15. The number of carbonyl (C=O) groups is 1. The third-order valence-electron chi connectivity index (χ3n) is 3.55. The van der Waals surface area contributed by atoms with Crippen LogP contribution in [0.25, 0.3) is 0 Å². The highest BCUT2D eigenvalue weighted by Gasteiger charge is 2.30. The minimum absolute atomic E-state index is 0.160. The van der Waals surface area contributed by atoms with Crippen LogP contribution in [-0.2, 0) is 17.4 Å². The summed E-state index contributed by atoms with van der Waals surface area (Å²) in [5, 5.41) is 2.99. The first-order valence-corrected chi connectivity index (χ1v) is 8.80. The molecule has 0 spiro atoms. The molecule has 0 aliphatic rings. The molecule has 0 unspecified atom stereocenters. The van der Waals surface area contributed by atoms with Crippen LogP contribution in [0, 0.1) is 0 Å². The molecule has 1 heterocycles. The average Bonchev–Trinajstić information content (AvgIpc) is 3.07. The van der Waals surface area contributed by atoms with Crippen LogP contribution in [0.5, 0.6) is 5.75 Å². The SMILES string of the molecule is O=C(COc1ccccc1)Nc1ncc(Cc2cccc(C(F)(F)F)c2)s1. The number of thiazole rings is 1. The topological polar surface area (TPSA) is 51.2 Å². The van der Waals surface area contributed by atoms with Gasteiger partial charge in [-0.3, -0.25) is 10.1 Å². The van der Waals surface area contributed by atoms with Gasteiger partial charge in [0, 0.05) is 17.5 Å². The Balaban J connectivity index is 1.56. The number of aromatic nitrogens is 1. The van der Waals surface area contributed by atoms with Gasteiger partial charge in [0.15, 0.2) is 11.7 Å². The summed E-state index contributed by atoms with van der Waals surface area (Å²) in [5.74, 6) is 0.218. The lowest BCUT2D eigenvalue weighted by molar-refractivity contribution is -0.137. The molecule has 4 nitrogen and oxygen atoms in total. The lowest BCUT2D eigenvalue weighted by atomic mass is 10.1. The van der Waals surface area contributed by atoms with E-state index in [0.717, 1.165) is 17.0 Å². The number of amides is 1. The van der Waals surface area contributed by atoms with Crippen LogP contribution in [0.1, 0.15) is 16.0 Å². The van der Waals surface area contributed by atoms with E-state index in [1.165, 1.54) is 17.4 Å². The number of carbonyl (C=O) groups excluding carboxylic acids is 1. The Bertz CT molecular complexity index is 911. The van der Waals surface area contributed by atoms with Crippen molar-refractivity contribution in [3.05, 3.63) is 76.8 Å². The fourth-order valence-electron chi connectivity index (χ4n) is 2.33. The van der Waals surface area contributed by atoms with Crippen LogP contribution >= 0.6 is 11.3 Å². The standard InChI is InChI=1S/C19H15F3N2O2S/c20-19(21,22)14-6-4-5-13(9-14)10-16-11-23-18(27-16)24-17(25)12-26-15-7-2-1-3-8-15/h1-9,11H,10,12H2,(H,23,24,25). The minimum Gasteiger partial charge on any atom is -0.484 e. The summed E-state index contributed by atoms with van der Waals surface area (Å²) in [6.07, 6.45) is -2.53. The lowest BCUT2D eigenvalue weighted by Gasteiger charge is -2.07. The van der Waals surface area contributed by atoms with Crippen molar-refractivity contribution < 1.29 is 22.7 Å². The van der Waals surface area contributed by atoms with Gasteiger partial charge < -0.3 is 4.74 Å². The predicted octanol–water partition coefficient (Wildman–Crippen LogP) is 4.77. The fourth-order valence-corrected chi connectivity index (χ4v) is 3.19. The summed E-state index contributed by atoms with van der Waals surface area (Å²) in [5.41, 5.74) is -0.158. The molecule has 140 valence electrons. The monoisotopic (exact) mass is 392 g/mol. The molecule has 27 heavy (non-hydrogen) atoms. The van der Waals surface area contributed by atoms with Gasteiger partial charge in [-0.25, -0.2) is 4.98 Å². The van der Waals surface area contributed by atoms with Gasteiger partial charge in [0.25, 0.3) is 5.91 Å². The zero-order valence-corrected chi connectivity index (χ0v) is 14.8. The highest BCUT2D eigenvalue weighted by Crippen LogP contribution is 2.30. The van der Waals surface area contributed by atoms with Crippen molar-refractivity contribution >= 4 is 22.4 Å². The van der Waals surface area contributed by atoms with E-state index < -0.39 is 11.7 Å². The Hall–Kier alpha value is -2.87. The number of benzene rings is 2. The number of alkyl halides is 3. The van der Waals surface area contributed by atoms with Gasteiger partial charge in [0.2, 0.25) is 0 Å². The van der Waals surface area contributed by atoms with E-state index in [1.54, 1.807) is 36.5 Å². The Kier molecular flexibility index (Phi) is 5.75. The van der Waals surface area contributed by atoms with E-state index in [9.17, 15) is 18.0 Å². The summed E-state index contributed by atoms with van der Waals surface area (Å²) in [4.78, 5) is 16.7. The number of hydrogen-bond acceptors (Lipinski definition) is 4. The van der Waals surface area contributed by atoms with Gasteiger partial charge in [0.05, 0.1) is 5.56 Å². The molecule has 0 radical (unpaired) electrons. The van der Waals surface area contributed by atoms with Crippen molar-refractivity contribution in [3.8, 4) is 5.75 Å². The van der Waals surface area contributed by atoms with Crippen molar-refractivity contribution in [1.82, 2.24) is 4.98 Å². The molecule has 0 aliphatic carbocycles. The Morgan fingerprint density at radius 1 is 1.11 bits per heavy atom. The molecule has 2 aromatic carbocycles. The molecule has 0 fully saturated rings. The van der Waals surface area contributed by atoms with Gasteiger partial charge in [-0.15, -0.1) is 11.3 Å². The molecule has 1 aromatic heterocycles. The number of nitrogens with zero attached hydrogens (tertiary/aromatic N) is 1. The number of halogens is 3. The van der Waals surface area contributed by atoms with E-state index in [2.05, 4.69) is 10.3 Å². The summed E-state index contributed by atoms with van der Waals surface area (Å²) < 4.78 is 43.7. The third-order valence-corrected chi connectivity index (χ3v) is 4.46. The number of rotatable bonds is 6. The van der Waals surface area contributed by atoms with Crippen molar-refractivity contribution in [2.24, 2.45) is 0 Å². The number of para-hydroxylation sites is 1. The van der Waals surface area contributed by atoms with Crippen LogP contribution in [0.3, 0.4) is 0 Å². The highest BCUT2D eigenvalue weighted by atomic mass is 32.1. The normalized spacial score (nSPS) is 11.2. The van der Waals surface area contributed by atoms with E-state index in [-0.39, 0.29) is 12.5 Å². The lowest BCUT2D eigenvalue weighted by Crippen LogP contribution is -2.19. The zero-order chi connectivity index (χ0) is 19.3.